The molecule has 0 spiro atoms. The van der Waals surface area contributed by atoms with Crippen molar-refractivity contribution in [1.29, 1.82) is 0 Å². The number of fused-ring (bicyclic) bond motifs is 1. The van der Waals surface area contributed by atoms with Crippen molar-refractivity contribution in [2.75, 3.05) is 7.11 Å². The number of carboxylic acids is 1. The second-order valence-corrected chi connectivity index (χ2v) is 4.27. The fraction of sp³-hybridized carbons (Fsp3) is 0.417. The number of aliphatic carboxylic acids is 1. The number of rotatable bonds is 2. The molecule has 1 aromatic carbocycles. The van der Waals surface area contributed by atoms with Gasteiger partial charge in [0, 0.05) is 6.42 Å². The average Bonchev–Trinajstić information content (AvgIpc) is 2.27. The van der Waals surface area contributed by atoms with Crippen molar-refractivity contribution in [3.8, 4) is 5.75 Å². The van der Waals surface area contributed by atoms with E-state index in [1.165, 1.54) is 5.56 Å². The van der Waals surface area contributed by atoms with E-state index in [9.17, 15) is 4.79 Å². The van der Waals surface area contributed by atoms with Gasteiger partial charge >= 0.3 is 5.97 Å². The SMILES string of the molecule is COc1ccc2c(c1)C[C@](N)(C(=O)O)CC2. The zero-order valence-electron chi connectivity index (χ0n) is 9.19. The molecular formula is C12H15NO3. The van der Waals surface area contributed by atoms with Crippen molar-refractivity contribution in [3.63, 3.8) is 0 Å². The maximum Gasteiger partial charge on any atom is 0.324 e. The van der Waals surface area contributed by atoms with Gasteiger partial charge in [0.15, 0.2) is 0 Å². The first-order chi connectivity index (χ1) is 7.55. The van der Waals surface area contributed by atoms with E-state index in [2.05, 4.69) is 0 Å². The molecule has 0 unspecified atom stereocenters. The fourth-order valence-electron chi connectivity index (χ4n) is 2.11. The lowest BCUT2D eigenvalue weighted by Gasteiger charge is -2.30. The van der Waals surface area contributed by atoms with Gasteiger partial charge in [0.25, 0.3) is 0 Å². The van der Waals surface area contributed by atoms with Gasteiger partial charge in [0.1, 0.15) is 11.3 Å². The molecule has 4 nitrogen and oxygen atoms in total. The molecule has 4 heteroatoms. The highest BCUT2D eigenvalue weighted by Crippen LogP contribution is 2.29. The van der Waals surface area contributed by atoms with Crippen molar-refractivity contribution >= 4 is 5.97 Å². The van der Waals surface area contributed by atoms with Crippen LogP contribution in [-0.2, 0) is 17.6 Å². The lowest BCUT2D eigenvalue weighted by atomic mass is 9.78. The van der Waals surface area contributed by atoms with E-state index < -0.39 is 11.5 Å². The molecule has 0 aromatic heterocycles. The average molecular weight is 221 g/mol. The van der Waals surface area contributed by atoms with Gasteiger partial charge in [0.05, 0.1) is 7.11 Å². The largest absolute Gasteiger partial charge is 0.497 e. The van der Waals surface area contributed by atoms with Crippen molar-refractivity contribution in [2.24, 2.45) is 5.73 Å². The summed E-state index contributed by atoms with van der Waals surface area (Å²) in [5.41, 5.74) is 6.89. The van der Waals surface area contributed by atoms with E-state index in [1.54, 1.807) is 7.11 Å². The van der Waals surface area contributed by atoms with Crippen LogP contribution in [0.4, 0.5) is 0 Å². The maximum absolute atomic E-state index is 11.1. The van der Waals surface area contributed by atoms with Crippen LogP contribution in [0.1, 0.15) is 17.5 Å². The van der Waals surface area contributed by atoms with Crippen LogP contribution in [0.25, 0.3) is 0 Å². The van der Waals surface area contributed by atoms with Crippen molar-refractivity contribution < 1.29 is 14.6 Å². The Hall–Kier alpha value is -1.55. The molecule has 0 aliphatic heterocycles. The van der Waals surface area contributed by atoms with E-state index in [0.29, 0.717) is 19.3 Å². The molecule has 0 fully saturated rings. The fourth-order valence-corrected chi connectivity index (χ4v) is 2.11. The molecule has 0 heterocycles. The van der Waals surface area contributed by atoms with Gasteiger partial charge in [0.2, 0.25) is 0 Å². The molecule has 16 heavy (non-hydrogen) atoms. The van der Waals surface area contributed by atoms with Crippen LogP contribution in [0.3, 0.4) is 0 Å². The number of carbonyl (C=O) groups is 1. The van der Waals surface area contributed by atoms with E-state index in [1.807, 2.05) is 18.2 Å². The molecule has 86 valence electrons. The second-order valence-electron chi connectivity index (χ2n) is 4.27. The lowest BCUT2D eigenvalue weighted by Crippen LogP contribution is -2.52. The van der Waals surface area contributed by atoms with Crippen LogP contribution in [-0.4, -0.2) is 23.7 Å². The summed E-state index contributed by atoms with van der Waals surface area (Å²) in [6, 6.07) is 5.75. The van der Waals surface area contributed by atoms with Crippen molar-refractivity contribution in [1.82, 2.24) is 0 Å². The van der Waals surface area contributed by atoms with Crippen LogP contribution in [0.5, 0.6) is 5.75 Å². The van der Waals surface area contributed by atoms with Crippen LogP contribution < -0.4 is 10.5 Å². The molecule has 0 amide bonds. The highest BCUT2D eigenvalue weighted by atomic mass is 16.5. The molecule has 0 bridgehead atoms. The number of benzene rings is 1. The second kappa shape index (κ2) is 3.79. The van der Waals surface area contributed by atoms with Crippen LogP contribution in [0.2, 0.25) is 0 Å². The minimum atomic E-state index is -1.13. The van der Waals surface area contributed by atoms with Crippen molar-refractivity contribution in [2.45, 2.75) is 24.8 Å². The predicted molar refractivity (Wildman–Crippen MR) is 59.6 cm³/mol. The number of ether oxygens (including phenoxy) is 1. The molecule has 1 aliphatic carbocycles. The highest BCUT2D eigenvalue weighted by Gasteiger charge is 2.37. The Balaban J connectivity index is 2.35. The maximum atomic E-state index is 11.1. The van der Waals surface area contributed by atoms with Gasteiger partial charge in [-0.2, -0.15) is 0 Å². The first-order valence-corrected chi connectivity index (χ1v) is 5.23. The minimum Gasteiger partial charge on any atom is -0.497 e. The summed E-state index contributed by atoms with van der Waals surface area (Å²) >= 11 is 0. The quantitative estimate of drug-likeness (QED) is 0.780. The Bertz CT molecular complexity index is 430. The molecule has 0 radical (unpaired) electrons. The highest BCUT2D eigenvalue weighted by molar-refractivity contribution is 5.79. The predicted octanol–water partition coefficient (Wildman–Crippen LogP) is 0.966. The summed E-state index contributed by atoms with van der Waals surface area (Å²) in [6.07, 6.45) is 1.57. The smallest absolute Gasteiger partial charge is 0.324 e. The van der Waals surface area contributed by atoms with Crippen LogP contribution >= 0.6 is 0 Å². The topological polar surface area (TPSA) is 72.5 Å². The van der Waals surface area contributed by atoms with E-state index in [-0.39, 0.29) is 0 Å². The Morgan fingerprint density at radius 3 is 2.88 bits per heavy atom. The van der Waals surface area contributed by atoms with E-state index >= 15 is 0 Å². The third-order valence-electron chi connectivity index (χ3n) is 3.19. The van der Waals surface area contributed by atoms with E-state index in [0.717, 1.165) is 11.3 Å². The Labute approximate surface area is 94.0 Å². The van der Waals surface area contributed by atoms with Gasteiger partial charge in [-0.25, -0.2) is 0 Å². The summed E-state index contributed by atoms with van der Waals surface area (Å²) < 4.78 is 5.12. The van der Waals surface area contributed by atoms with Crippen LogP contribution in [0, 0.1) is 0 Å². The zero-order valence-corrected chi connectivity index (χ0v) is 9.19. The number of nitrogens with two attached hydrogens (primary N) is 1. The molecule has 0 saturated carbocycles. The first kappa shape index (κ1) is 11.0. The summed E-state index contributed by atoms with van der Waals surface area (Å²) in [4.78, 5) is 11.1. The van der Waals surface area contributed by atoms with Gasteiger partial charge in [-0.3, -0.25) is 4.79 Å². The number of hydrogen-bond donors (Lipinski definition) is 2. The van der Waals surface area contributed by atoms with Gasteiger partial charge in [-0.15, -0.1) is 0 Å². The molecule has 2 rings (SSSR count). The van der Waals surface area contributed by atoms with Gasteiger partial charge < -0.3 is 15.6 Å². The Kier molecular flexibility index (Phi) is 2.59. The number of carboxylic acid groups (broad SMARTS) is 1. The standard InChI is InChI=1S/C12H15NO3/c1-16-10-3-2-8-4-5-12(13,11(14)15)7-9(8)6-10/h2-3,6H,4-5,7,13H2,1H3,(H,14,15)/t12-/m0/s1. The summed E-state index contributed by atoms with van der Waals surface area (Å²) in [5, 5.41) is 9.09. The summed E-state index contributed by atoms with van der Waals surface area (Å²) in [6.45, 7) is 0. The summed E-state index contributed by atoms with van der Waals surface area (Å²) in [7, 11) is 1.59. The van der Waals surface area contributed by atoms with Gasteiger partial charge in [-0.05, 0) is 36.1 Å². The third kappa shape index (κ3) is 1.76. The first-order valence-electron chi connectivity index (χ1n) is 5.23. The van der Waals surface area contributed by atoms with Gasteiger partial charge in [-0.1, -0.05) is 6.07 Å². The monoisotopic (exact) mass is 221 g/mol. The molecule has 1 atom stereocenters. The summed E-state index contributed by atoms with van der Waals surface area (Å²) in [5.74, 6) is -0.186. The van der Waals surface area contributed by atoms with E-state index in [4.69, 9.17) is 15.6 Å². The minimum absolute atomic E-state index is 0.370. The normalized spacial score (nSPS) is 23.6. The van der Waals surface area contributed by atoms with Crippen LogP contribution in [0.15, 0.2) is 18.2 Å². The molecule has 0 saturated heterocycles. The molecule has 1 aliphatic rings. The third-order valence-corrected chi connectivity index (χ3v) is 3.19. The zero-order chi connectivity index (χ0) is 11.8. The molecule has 1 aromatic rings. The Morgan fingerprint density at radius 2 is 2.25 bits per heavy atom. The van der Waals surface area contributed by atoms with Crippen molar-refractivity contribution in [3.05, 3.63) is 29.3 Å². The molecule has 3 N–H and O–H groups in total. The molecular weight excluding hydrogens is 206 g/mol. The Morgan fingerprint density at radius 1 is 1.50 bits per heavy atom. The number of methoxy groups -OCH3 is 1. The lowest BCUT2D eigenvalue weighted by molar-refractivity contribution is -0.143. The number of hydrogen-bond acceptors (Lipinski definition) is 3. The number of aryl methyl sites for hydroxylation is 1.